The van der Waals surface area contributed by atoms with Crippen LogP contribution in [0.25, 0.3) is 6.08 Å². The van der Waals surface area contributed by atoms with Crippen LogP contribution < -0.4 is 5.73 Å². The second-order valence-electron chi connectivity index (χ2n) is 3.77. The van der Waals surface area contributed by atoms with E-state index in [0.717, 1.165) is 5.56 Å². The number of aryl methyl sites for hydroxylation is 1. The molecule has 0 fully saturated rings. The molecule has 4 nitrogen and oxygen atoms in total. The van der Waals surface area contributed by atoms with Gasteiger partial charge in [0.15, 0.2) is 5.82 Å². The van der Waals surface area contributed by atoms with Crippen molar-refractivity contribution in [3.63, 3.8) is 0 Å². The standard InChI is InChI=1S/C11H14F3N3O/c1-6-5-16-9(4-8(15)11(12,13)14)17-10(6)7(2)18-3/h4-5,7H,15H2,1-3H3/t7-/m0/s1. The number of ether oxygens (including phenoxy) is 1. The monoisotopic (exact) mass is 261 g/mol. The van der Waals surface area contributed by atoms with E-state index in [9.17, 15) is 13.2 Å². The SMILES string of the molecule is CO[C@@H](C)c1nc(C=C(N)C(F)(F)F)ncc1C. The van der Waals surface area contributed by atoms with Crippen LogP contribution in [0.4, 0.5) is 13.2 Å². The molecule has 1 aromatic rings. The van der Waals surface area contributed by atoms with Crippen molar-refractivity contribution < 1.29 is 17.9 Å². The number of hydrogen-bond donors (Lipinski definition) is 1. The van der Waals surface area contributed by atoms with E-state index in [4.69, 9.17) is 10.5 Å². The first kappa shape index (κ1) is 14.4. The van der Waals surface area contributed by atoms with Crippen molar-refractivity contribution in [2.45, 2.75) is 26.1 Å². The van der Waals surface area contributed by atoms with Gasteiger partial charge < -0.3 is 10.5 Å². The molecular formula is C11H14F3N3O. The highest BCUT2D eigenvalue weighted by Crippen LogP contribution is 2.23. The minimum absolute atomic E-state index is 0.0886. The largest absolute Gasteiger partial charge is 0.430 e. The molecule has 0 aromatic carbocycles. The molecule has 18 heavy (non-hydrogen) atoms. The fraction of sp³-hybridized carbons (Fsp3) is 0.455. The summed E-state index contributed by atoms with van der Waals surface area (Å²) in [6.07, 6.45) is -2.77. The second-order valence-corrected chi connectivity index (χ2v) is 3.77. The maximum Gasteiger partial charge on any atom is 0.430 e. The number of rotatable bonds is 3. The van der Waals surface area contributed by atoms with E-state index in [-0.39, 0.29) is 11.9 Å². The summed E-state index contributed by atoms with van der Waals surface area (Å²) in [7, 11) is 1.49. The Bertz CT molecular complexity index is 457. The van der Waals surface area contributed by atoms with Crippen LogP contribution in [0.15, 0.2) is 11.9 Å². The molecule has 0 aliphatic rings. The minimum atomic E-state index is -4.58. The van der Waals surface area contributed by atoms with Gasteiger partial charge in [-0.25, -0.2) is 9.97 Å². The molecular weight excluding hydrogens is 247 g/mol. The molecule has 1 heterocycles. The second kappa shape index (κ2) is 5.34. The summed E-state index contributed by atoms with van der Waals surface area (Å²) in [6.45, 7) is 3.50. The van der Waals surface area contributed by atoms with Crippen LogP contribution >= 0.6 is 0 Å². The van der Waals surface area contributed by atoms with Crippen molar-refractivity contribution in [1.29, 1.82) is 0 Å². The Balaban J connectivity index is 3.14. The molecule has 0 saturated heterocycles. The van der Waals surface area contributed by atoms with Gasteiger partial charge in [-0.3, -0.25) is 0 Å². The molecule has 0 saturated carbocycles. The fourth-order valence-electron chi connectivity index (χ4n) is 1.28. The average molecular weight is 261 g/mol. The van der Waals surface area contributed by atoms with Crippen molar-refractivity contribution in [2.24, 2.45) is 5.73 Å². The van der Waals surface area contributed by atoms with E-state index in [1.807, 2.05) is 0 Å². The van der Waals surface area contributed by atoms with Gasteiger partial charge >= 0.3 is 6.18 Å². The topological polar surface area (TPSA) is 61.0 Å². The zero-order valence-corrected chi connectivity index (χ0v) is 10.2. The van der Waals surface area contributed by atoms with Crippen LogP contribution in [0.2, 0.25) is 0 Å². The number of methoxy groups -OCH3 is 1. The van der Waals surface area contributed by atoms with E-state index in [1.165, 1.54) is 13.3 Å². The molecule has 0 unspecified atom stereocenters. The van der Waals surface area contributed by atoms with E-state index >= 15 is 0 Å². The highest BCUT2D eigenvalue weighted by atomic mass is 19.4. The molecule has 1 aromatic heterocycles. The highest BCUT2D eigenvalue weighted by Gasteiger charge is 2.31. The third-order valence-electron chi connectivity index (χ3n) is 2.38. The van der Waals surface area contributed by atoms with Gasteiger partial charge in [-0.1, -0.05) is 0 Å². The summed E-state index contributed by atoms with van der Waals surface area (Å²) in [5, 5.41) is 0. The lowest BCUT2D eigenvalue weighted by atomic mass is 10.2. The maximum absolute atomic E-state index is 12.3. The van der Waals surface area contributed by atoms with E-state index < -0.39 is 11.9 Å². The smallest absolute Gasteiger partial charge is 0.395 e. The summed E-state index contributed by atoms with van der Waals surface area (Å²) < 4.78 is 41.9. The third-order valence-corrected chi connectivity index (χ3v) is 2.38. The zero-order chi connectivity index (χ0) is 13.9. The van der Waals surface area contributed by atoms with E-state index in [0.29, 0.717) is 11.8 Å². The highest BCUT2D eigenvalue weighted by molar-refractivity contribution is 5.46. The van der Waals surface area contributed by atoms with Gasteiger partial charge in [-0.05, 0) is 19.4 Å². The Morgan fingerprint density at radius 1 is 1.50 bits per heavy atom. The summed E-state index contributed by atoms with van der Waals surface area (Å²) in [5.41, 5.74) is 4.95. The maximum atomic E-state index is 12.3. The Kier molecular flexibility index (Phi) is 4.28. The van der Waals surface area contributed by atoms with Crippen molar-refractivity contribution >= 4 is 6.08 Å². The summed E-state index contributed by atoms with van der Waals surface area (Å²) >= 11 is 0. The van der Waals surface area contributed by atoms with Gasteiger partial charge in [-0.2, -0.15) is 13.2 Å². The summed E-state index contributed by atoms with van der Waals surface area (Å²) in [6, 6.07) is 0. The first-order valence-electron chi connectivity index (χ1n) is 5.16. The van der Waals surface area contributed by atoms with Crippen molar-refractivity contribution in [3.05, 3.63) is 29.0 Å². The Labute approximate surface area is 103 Å². The van der Waals surface area contributed by atoms with Gasteiger partial charge in [0, 0.05) is 19.4 Å². The lowest BCUT2D eigenvalue weighted by molar-refractivity contribution is -0.0917. The number of hydrogen-bond acceptors (Lipinski definition) is 4. The number of halogens is 3. The molecule has 0 bridgehead atoms. The average Bonchev–Trinajstić information content (AvgIpc) is 2.29. The van der Waals surface area contributed by atoms with E-state index in [1.54, 1.807) is 13.8 Å². The summed E-state index contributed by atoms with van der Waals surface area (Å²) in [4.78, 5) is 7.79. The fourth-order valence-corrected chi connectivity index (χ4v) is 1.28. The molecule has 0 spiro atoms. The minimum Gasteiger partial charge on any atom is -0.395 e. The Morgan fingerprint density at radius 2 is 2.11 bits per heavy atom. The number of alkyl halides is 3. The first-order valence-corrected chi connectivity index (χ1v) is 5.16. The predicted octanol–water partition coefficient (Wildman–Crippen LogP) is 2.35. The van der Waals surface area contributed by atoms with Crippen molar-refractivity contribution in [1.82, 2.24) is 9.97 Å². The van der Waals surface area contributed by atoms with Crippen LogP contribution in [0.5, 0.6) is 0 Å². The number of aromatic nitrogens is 2. The lowest BCUT2D eigenvalue weighted by Crippen LogP contribution is -2.19. The molecule has 7 heteroatoms. The van der Waals surface area contributed by atoms with Crippen LogP contribution in [-0.2, 0) is 4.74 Å². The zero-order valence-electron chi connectivity index (χ0n) is 10.2. The van der Waals surface area contributed by atoms with Crippen molar-refractivity contribution in [2.75, 3.05) is 7.11 Å². The Morgan fingerprint density at radius 3 is 2.61 bits per heavy atom. The van der Waals surface area contributed by atoms with Crippen LogP contribution in [0.3, 0.4) is 0 Å². The molecule has 1 rings (SSSR count). The van der Waals surface area contributed by atoms with Gasteiger partial charge in [0.05, 0.1) is 11.8 Å². The molecule has 0 aliphatic carbocycles. The molecule has 0 aliphatic heterocycles. The lowest BCUT2D eigenvalue weighted by Gasteiger charge is -2.12. The van der Waals surface area contributed by atoms with Crippen LogP contribution in [-0.4, -0.2) is 23.3 Å². The molecule has 100 valence electrons. The Hall–Kier alpha value is -1.63. The third kappa shape index (κ3) is 3.43. The number of nitrogens with two attached hydrogens (primary N) is 1. The van der Waals surface area contributed by atoms with Crippen molar-refractivity contribution in [3.8, 4) is 0 Å². The van der Waals surface area contributed by atoms with Gasteiger partial charge in [0.2, 0.25) is 0 Å². The molecule has 1 atom stereocenters. The normalized spacial score (nSPS) is 14.7. The number of nitrogens with zero attached hydrogens (tertiary/aromatic N) is 2. The summed E-state index contributed by atoms with van der Waals surface area (Å²) in [5.74, 6) is -0.0886. The number of allylic oxidation sites excluding steroid dienone is 1. The molecule has 0 amide bonds. The van der Waals surface area contributed by atoms with Gasteiger partial charge in [0.25, 0.3) is 0 Å². The first-order chi connectivity index (χ1) is 8.25. The quantitative estimate of drug-likeness (QED) is 0.907. The predicted molar refractivity (Wildman–Crippen MR) is 60.4 cm³/mol. The van der Waals surface area contributed by atoms with Crippen LogP contribution in [0, 0.1) is 6.92 Å². The van der Waals surface area contributed by atoms with Crippen LogP contribution in [0.1, 0.15) is 30.1 Å². The molecule has 0 radical (unpaired) electrons. The van der Waals surface area contributed by atoms with Gasteiger partial charge in [0.1, 0.15) is 5.70 Å². The van der Waals surface area contributed by atoms with Gasteiger partial charge in [-0.15, -0.1) is 0 Å². The van der Waals surface area contributed by atoms with E-state index in [2.05, 4.69) is 9.97 Å². The molecule has 2 N–H and O–H groups in total.